The van der Waals surface area contributed by atoms with Gasteiger partial charge in [-0.3, -0.25) is 4.79 Å². The molecule has 0 aliphatic heterocycles. The van der Waals surface area contributed by atoms with Crippen molar-refractivity contribution < 1.29 is 23.7 Å². The van der Waals surface area contributed by atoms with E-state index < -0.39 is 0 Å². The van der Waals surface area contributed by atoms with Crippen molar-refractivity contribution in [3.63, 3.8) is 0 Å². The Bertz CT molecular complexity index is 1060. The highest BCUT2D eigenvalue weighted by Gasteiger charge is 2.25. The number of hydrogen-bond acceptors (Lipinski definition) is 5. The second-order valence-corrected chi connectivity index (χ2v) is 7.28. The van der Waals surface area contributed by atoms with Crippen LogP contribution in [0.4, 0.5) is 0 Å². The molecule has 146 valence electrons. The number of hydrogen-bond donors (Lipinski definition) is 0. The van der Waals surface area contributed by atoms with Crippen LogP contribution in [0.25, 0.3) is 10.8 Å². The first-order chi connectivity index (χ1) is 13.5. The first-order valence-electron chi connectivity index (χ1n) is 8.57. The normalized spacial score (nSPS) is 10.6. The Balaban J connectivity index is 2.35. The van der Waals surface area contributed by atoms with Crippen molar-refractivity contribution in [1.29, 1.82) is 0 Å². The summed E-state index contributed by atoms with van der Waals surface area (Å²) in [6, 6.07) is 11.1. The molecule has 3 aromatic rings. The molecule has 0 amide bonds. The van der Waals surface area contributed by atoms with Crippen LogP contribution >= 0.6 is 22.6 Å². The molecule has 0 saturated carbocycles. The van der Waals surface area contributed by atoms with Gasteiger partial charge in [-0.25, -0.2) is 0 Å². The van der Waals surface area contributed by atoms with E-state index in [9.17, 15) is 4.79 Å². The van der Waals surface area contributed by atoms with Crippen LogP contribution in [0.5, 0.6) is 23.0 Å². The van der Waals surface area contributed by atoms with Crippen LogP contribution in [0.2, 0.25) is 0 Å². The van der Waals surface area contributed by atoms with Crippen LogP contribution in [0.3, 0.4) is 0 Å². The lowest BCUT2D eigenvalue weighted by Gasteiger charge is -2.17. The van der Waals surface area contributed by atoms with E-state index in [1.54, 1.807) is 34.5 Å². The number of carbonyl (C=O) groups is 1. The van der Waals surface area contributed by atoms with Crippen LogP contribution < -0.4 is 18.9 Å². The van der Waals surface area contributed by atoms with Crippen molar-refractivity contribution in [3.8, 4) is 23.0 Å². The van der Waals surface area contributed by atoms with Crippen LogP contribution in [0, 0.1) is 10.5 Å². The average molecular weight is 492 g/mol. The van der Waals surface area contributed by atoms with Gasteiger partial charge in [0.15, 0.2) is 5.78 Å². The van der Waals surface area contributed by atoms with Gasteiger partial charge in [-0.05, 0) is 59.3 Å². The molecule has 0 aliphatic rings. The number of ketones is 1. The number of aryl methyl sites for hydroxylation is 1. The van der Waals surface area contributed by atoms with E-state index in [0.717, 1.165) is 14.5 Å². The lowest BCUT2D eigenvalue weighted by molar-refractivity contribution is 0.103. The summed E-state index contributed by atoms with van der Waals surface area (Å²) >= 11 is 2.13. The molecule has 0 unspecified atom stereocenters. The van der Waals surface area contributed by atoms with Gasteiger partial charge in [0, 0.05) is 10.9 Å². The first-order valence-corrected chi connectivity index (χ1v) is 9.65. The SMILES string of the molecule is COc1cc(C)cc(C(=O)c2cc(OC)c3cccc(OC)c3c2OC)c1I. The van der Waals surface area contributed by atoms with Crippen molar-refractivity contribution >= 4 is 39.1 Å². The van der Waals surface area contributed by atoms with Gasteiger partial charge >= 0.3 is 0 Å². The summed E-state index contributed by atoms with van der Waals surface area (Å²) in [4.78, 5) is 13.5. The number of methoxy groups -OCH3 is 4. The molecule has 0 heterocycles. The second kappa shape index (κ2) is 8.26. The molecule has 0 aliphatic carbocycles. The van der Waals surface area contributed by atoms with Crippen LogP contribution in [-0.4, -0.2) is 34.2 Å². The van der Waals surface area contributed by atoms with E-state index in [4.69, 9.17) is 18.9 Å². The van der Waals surface area contributed by atoms with E-state index in [1.807, 2.05) is 37.3 Å². The fraction of sp³-hybridized carbons (Fsp3) is 0.227. The number of fused-ring (bicyclic) bond motifs is 1. The predicted octanol–water partition coefficient (Wildman–Crippen LogP) is 5.02. The molecule has 0 aromatic heterocycles. The van der Waals surface area contributed by atoms with Crippen molar-refractivity contribution in [1.82, 2.24) is 0 Å². The number of benzene rings is 3. The Morgan fingerprint density at radius 2 is 1.50 bits per heavy atom. The summed E-state index contributed by atoms with van der Waals surface area (Å²) in [6.07, 6.45) is 0. The smallest absolute Gasteiger partial charge is 0.198 e. The van der Waals surface area contributed by atoms with Gasteiger partial charge in [0.25, 0.3) is 0 Å². The molecule has 3 rings (SSSR count). The van der Waals surface area contributed by atoms with Gasteiger partial charge in [-0.1, -0.05) is 12.1 Å². The van der Waals surface area contributed by atoms with Crippen LogP contribution in [0.15, 0.2) is 36.4 Å². The highest BCUT2D eigenvalue weighted by atomic mass is 127. The maximum Gasteiger partial charge on any atom is 0.198 e. The number of halogens is 1. The van der Waals surface area contributed by atoms with E-state index in [2.05, 4.69) is 22.6 Å². The van der Waals surface area contributed by atoms with E-state index in [-0.39, 0.29) is 5.78 Å². The Morgan fingerprint density at radius 3 is 2.11 bits per heavy atom. The maximum absolute atomic E-state index is 13.5. The van der Waals surface area contributed by atoms with Gasteiger partial charge in [-0.15, -0.1) is 0 Å². The predicted molar refractivity (Wildman–Crippen MR) is 117 cm³/mol. The maximum atomic E-state index is 13.5. The summed E-state index contributed by atoms with van der Waals surface area (Å²) in [5, 5.41) is 1.51. The Hall–Kier alpha value is -2.48. The summed E-state index contributed by atoms with van der Waals surface area (Å²) in [6.45, 7) is 1.93. The van der Waals surface area contributed by atoms with Crippen molar-refractivity contribution in [2.45, 2.75) is 6.92 Å². The van der Waals surface area contributed by atoms with Gasteiger partial charge in [0.1, 0.15) is 23.0 Å². The Labute approximate surface area is 177 Å². The lowest BCUT2D eigenvalue weighted by Crippen LogP contribution is -2.09. The quantitative estimate of drug-likeness (QED) is 0.358. The molecule has 6 heteroatoms. The molecule has 0 bridgehead atoms. The second-order valence-electron chi connectivity index (χ2n) is 6.20. The highest BCUT2D eigenvalue weighted by molar-refractivity contribution is 14.1. The van der Waals surface area contributed by atoms with E-state index in [0.29, 0.717) is 39.5 Å². The fourth-order valence-corrected chi connectivity index (χ4v) is 4.07. The molecule has 3 aromatic carbocycles. The third kappa shape index (κ3) is 3.37. The van der Waals surface area contributed by atoms with E-state index in [1.165, 1.54) is 0 Å². The van der Waals surface area contributed by atoms with Crippen molar-refractivity contribution in [2.24, 2.45) is 0 Å². The summed E-state index contributed by atoms with van der Waals surface area (Å²) in [7, 11) is 6.31. The Kier molecular flexibility index (Phi) is 5.98. The molecule has 0 atom stereocenters. The number of rotatable bonds is 6. The van der Waals surface area contributed by atoms with Gasteiger partial charge in [-0.2, -0.15) is 0 Å². The van der Waals surface area contributed by atoms with Crippen LogP contribution in [-0.2, 0) is 0 Å². The molecule has 0 fully saturated rings. The summed E-state index contributed by atoms with van der Waals surface area (Å²) in [5.74, 6) is 2.13. The highest BCUT2D eigenvalue weighted by Crippen LogP contribution is 2.43. The summed E-state index contributed by atoms with van der Waals surface area (Å²) in [5.41, 5.74) is 1.89. The summed E-state index contributed by atoms with van der Waals surface area (Å²) < 4.78 is 22.9. The standard InChI is InChI=1S/C22H21IO5/c1-12-9-14(20(23)18(10-12)27-4)21(24)15-11-17(26-3)13-7-6-8-16(25-2)19(13)22(15)28-5/h6-11H,1-5H3. The minimum absolute atomic E-state index is 0.172. The molecule has 28 heavy (non-hydrogen) atoms. The Morgan fingerprint density at radius 1 is 0.821 bits per heavy atom. The van der Waals surface area contributed by atoms with Gasteiger partial charge in [0.2, 0.25) is 0 Å². The zero-order valence-corrected chi connectivity index (χ0v) is 18.5. The zero-order chi connectivity index (χ0) is 20.4. The average Bonchev–Trinajstić information content (AvgIpc) is 2.72. The topological polar surface area (TPSA) is 54.0 Å². The number of ether oxygens (including phenoxy) is 4. The molecule has 5 nitrogen and oxygen atoms in total. The molecular formula is C22H21IO5. The molecule has 0 spiro atoms. The van der Waals surface area contributed by atoms with Crippen molar-refractivity contribution in [3.05, 3.63) is 56.7 Å². The molecule has 0 saturated heterocycles. The largest absolute Gasteiger partial charge is 0.496 e. The van der Waals surface area contributed by atoms with Crippen molar-refractivity contribution in [2.75, 3.05) is 28.4 Å². The third-order valence-corrected chi connectivity index (χ3v) is 5.69. The number of carbonyl (C=O) groups excluding carboxylic acids is 1. The molecule has 0 N–H and O–H groups in total. The van der Waals surface area contributed by atoms with Crippen LogP contribution in [0.1, 0.15) is 21.5 Å². The third-order valence-electron chi connectivity index (χ3n) is 4.58. The molecular weight excluding hydrogens is 471 g/mol. The van der Waals surface area contributed by atoms with Gasteiger partial charge < -0.3 is 18.9 Å². The van der Waals surface area contributed by atoms with Gasteiger partial charge in [0.05, 0.1) is 43.0 Å². The minimum Gasteiger partial charge on any atom is -0.496 e. The minimum atomic E-state index is -0.172. The molecule has 0 radical (unpaired) electrons. The van der Waals surface area contributed by atoms with E-state index >= 15 is 0 Å². The fourth-order valence-electron chi connectivity index (χ4n) is 3.29. The zero-order valence-electron chi connectivity index (χ0n) is 16.4. The lowest BCUT2D eigenvalue weighted by atomic mass is 9.96. The first kappa shape index (κ1) is 20.3. The monoisotopic (exact) mass is 492 g/mol.